The highest BCUT2D eigenvalue weighted by Crippen LogP contribution is 2.26. The number of hydrogen-bond donors (Lipinski definition) is 2. The fraction of sp³-hybridized carbons (Fsp3) is 0.400. The molecule has 0 saturated heterocycles. The number of rotatable bonds is 5. The number of non-ortho nitro benzene ring substituents is 1. The highest BCUT2D eigenvalue weighted by atomic mass is 32.2. The first-order valence-electron chi connectivity index (χ1n) is 5.26. The van der Waals surface area contributed by atoms with Gasteiger partial charge in [0.1, 0.15) is 4.90 Å². The third-order valence-corrected chi connectivity index (χ3v) is 3.82. The Morgan fingerprint density at radius 1 is 1.33 bits per heavy atom. The van der Waals surface area contributed by atoms with Gasteiger partial charge in [-0.1, -0.05) is 0 Å². The Kier molecular flexibility index (Phi) is 4.25. The molecule has 0 spiro atoms. The Bertz CT molecular complexity index is 554. The summed E-state index contributed by atoms with van der Waals surface area (Å²) in [5.74, 6) is 0. The second-order valence-corrected chi connectivity index (χ2v) is 5.65. The van der Waals surface area contributed by atoms with Crippen LogP contribution in [0, 0.1) is 10.1 Å². The van der Waals surface area contributed by atoms with Crippen LogP contribution in [0.5, 0.6) is 0 Å². The van der Waals surface area contributed by atoms with Crippen molar-refractivity contribution in [3.63, 3.8) is 0 Å². The molecular weight excluding hydrogens is 258 g/mol. The standard InChI is InChI=1S/C10H15N3O4S/c1-7(2)12-18(16,17)10-6-8(13(14)15)4-5-9(10)11-3/h4-7,11-12H,1-3H3. The molecule has 0 radical (unpaired) electrons. The average Bonchev–Trinajstić information content (AvgIpc) is 2.26. The first kappa shape index (κ1) is 14.4. The van der Waals surface area contributed by atoms with Crippen molar-refractivity contribution >= 4 is 21.4 Å². The molecule has 1 aromatic rings. The van der Waals surface area contributed by atoms with E-state index in [1.807, 2.05) is 0 Å². The van der Waals surface area contributed by atoms with E-state index < -0.39 is 14.9 Å². The van der Waals surface area contributed by atoms with E-state index in [2.05, 4.69) is 10.0 Å². The van der Waals surface area contributed by atoms with Gasteiger partial charge >= 0.3 is 0 Å². The van der Waals surface area contributed by atoms with E-state index in [4.69, 9.17) is 0 Å². The van der Waals surface area contributed by atoms with Gasteiger partial charge in [0.2, 0.25) is 10.0 Å². The Morgan fingerprint density at radius 3 is 2.39 bits per heavy atom. The SMILES string of the molecule is CNc1ccc([N+](=O)[O-])cc1S(=O)(=O)NC(C)C. The number of nitrogens with zero attached hydrogens (tertiary/aromatic N) is 1. The van der Waals surface area contributed by atoms with Crippen LogP contribution in [-0.2, 0) is 10.0 Å². The molecule has 1 aromatic carbocycles. The molecule has 0 bridgehead atoms. The number of sulfonamides is 1. The van der Waals surface area contributed by atoms with Crippen LogP contribution >= 0.6 is 0 Å². The van der Waals surface area contributed by atoms with Crippen molar-refractivity contribution in [1.82, 2.24) is 4.72 Å². The van der Waals surface area contributed by atoms with Gasteiger partial charge in [0.05, 0.1) is 10.6 Å². The number of nitrogens with one attached hydrogen (secondary N) is 2. The number of anilines is 1. The van der Waals surface area contributed by atoms with E-state index in [0.29, 0.717) is 5.69 Å². The second-order valence-electron chi connectivity index (χ2n) is 3.96. The van der Waals surface area contributed by atoms with Crippen LogP contribution in [-0.4, -0.2) is 26.4 Å². The minimum Gasteiger partial charge on any atom is -0.387 e. The molecule has 0 heterocycles. The van der Waals surface area contributed by atoms with E-state index in [-0.39, 0.29) is 16.6 Å². The van der Waals surface area contributed by atoms with Crippen molar-refractivity contribution in [3.05, 3.63) is 28.3 Å². The van der Waals surface area contributed by atoms with Gasteiger partial charge in [-0.05, 0) is 19.9 Å². The molecule has 7 nitrogen and oxygen atoms in total. The summed E-state index contributed by atoms with van der Waals surface area (Å²) in [4.78, 5) is 9.91. The molecular formula is C10H15N3O4S. The third-order valence-electron chi connectivity index (χ3n) is 2.13. The molecule has 0 aliphatic heterocycles. The Hall–Kier alpha value is -1.67. The van der Waals surface area contributed by atoms with Crippen molar-refractivity contribution in [2.75, 3.05) is 12.4 Å². The summed E-state index contributed by atoms with van der Waals surface area (Å²) in [6.07, 6.45) is 0. The summed E-state index contributed by atoms with van der Waals surface area (Å²) >= 11 is 0. The average molecular weight is 273 g/mol. The van der Waals surface area contributed by atoms with Crippen molar-refractivity contribution in [1.29, 1.82) is 0 Å². The second kappa shape index (κ2) is 5.32. The molecule has 0 unspecified atom stereocenters. The smallest absolute Gasteiger partial charge is 0.270 e. The highest BCUT2D eigenvalue weighted by molar-refractivity contribution is 7.89. The summed E-state index contributed by atoms with van der Waals surface area (Å²) in [5, 5.41) is 13.4. The van der Waals surface area contributed by atoms with Gasteiger partial charge in [0.25, 0.3) is 5.69 Å². The maximum atomic E-state index is 12.0. The van der Waals surface area contributed by atoms with Gasteiger partial charge in [-0.15, -0.1) is 0 Å². The molecule has 0 saturated carbocycles. The predicted molar refractivity (Wildman–Crippen MR) is 68.1 cm³/mol. The van der Waals surface area contributed by atoms with Gasteiger partial charge in [-0.3, -0.25) is 10.1 Å². The summed E-state index contributed by atoms with van der Waals surface area (Å²) in [6, 6.07) is 3.36. The zero-order valence-electron chi connectivity index (χ0n) is 10.3. The molecule has 0 amide bonds. The number of nitro groups is 1. The van der Waals surface area contributed by atoms with Gasteiger partial charge < -0.3 is 5.32 Å². The quantitative estimate of drug-likeness (QED) is 0.622. The van der Waals surface area contributed by atoms with Crippen LogP contribution in [0.25, 0.3) is 0 Å². The van der Waals surface area contributed by atoms with E-state index >= 15 is 0 Å². The van der Waals surface area contributed by atoms with Crippen LogP contribution < -0.4 is 10.0 Å². The first-order valence-corrected chi connectivity index (χ1v) is 6.74. The number of nitro benzene ring substituents is 1. The number of benzene rings is 1. The fourth-order valence-corrected chi connectivity index (χ4v) is 2.91. The van der Waals surface area contributed by atoms with Crippen molar-refractivity contribution in [2.45, 2.75) is 24.8 Å². The van der Waals surface area contributed by atoms with Gasteiger partial charge in [-0.2, -0.15) is 0 Å². The van der Waals surface area contributed by atoms with Gasteiger partial charge in [0.15, 0.2) is 0 Å². The van der Waals surface area contributed by atoms with Crippen LogP contribution in [0.1, 0.15) is 13.8 Å². The van der Waals surface area contributed by atoms with E-state index in [1.54, 1.807) is 20.9 Å². The van der Waals surface area contributed by atoms with Gasteiger partial charge in [0, 0.05) is 25.2 Å². The summed E-state index contributed by atoms with van der Waals surface area (Å²) in [6.45, 7) is 3.35. The summed E-state index contributed by atoms with van der Waals surface area (Å²) in [5.41, 5.74) is 0.0480. The maximum absolute atomic E-state index is 12.0. The van der Waals surface area contributed by atoms with E-state index in [0.717, 1.165) is 6.07 Å². The van der Waals surface area contributed by atoms with Crippen LogP contribution in [0.4, 0.5) is 11.4 Å². The Balaban J connectivity index is 3.36. The molecule has 0 fully saturated rings. The Morgan fingerprint density at radius 2 is 1.94 bits per heavy atom. The highest BCUT2D eigenvalue weighted by Gasteiger charge is 2.22. The Labute approximate surface area is 105 Å². The number of hydrogen-bond acceptors (Lipinski definition) is 5. The predicted octanol–water partition coefficient (Wildman–Crippen LogP) is 1.32. The minimum absolute atomic E-state index is 0.132. The molecule has 0 aliphatic carbocycles. The zero-order chi connectivity index (χ0) is 13.9. The summed E-state index contributed by atoms with van der Waals surface area (Å²) in [7, 11) is -2.22. The molecule has 0 atom stereocenters. The largest absolute Gasteiger partial charge is 0.387 e. The monoisotopic (exact) mass is 273 g/mol. The molecule has 0 aliphatic rings. The maximum Gasteiger partial charge on any atom is 0.270 e. The molecule has 100 valence electrons. The van der Waals surface area contributed by atoms with Crippen molar-refractivity contribution in [2.24, 2.45) is 0 Å². The summed E-state index contributed by atoms with van der Waals surface area (Å²) < 4.78 is 26.4. The van der Waals surface area contributed by atoms with E-state index in [9.17, 15) is 18.5 Å². The molecule has 0 aromatic heterocycles. The lowest BCUT2D eigenvalue weighted by Gasteiger charge is -2.12. The van der Waals surface area contributed by atoms with Crippen molar-refractivity contribution in [3.8, 4) is 0 Å². The lowest BCUT2D eigenvalue weighted by Crippen LogP contribution is -2.30. The zero-order valence-corrected chi connectivity index (χ0v) is 11.1. The normalized spacial score (nSPS) is 11.6. The van der Waals surface area contributed by atoms with E-state index in [1.165, 1.54) is 12.1 Å². The van der Waals surface area contributed by atoms with Crippen LogP contribution in [0.2, 0.25) is 0 Å². The molecule has 1 rings (SSSR count). The van der Waals surface area contributed by atoms with Gasteiger partial charge in [-0.25, -0.2) is 13.1 Å². The minimum atomic E-state index is -3.78. The molecule has 18 heavy (non-hydrogen) atoms. The van der Waals surface area contributed by atoms with Crippen LogP contribution in [0.15, 0.2) is 23.1 Å². The third kappa shape index (κ3) is 3.17. The van der Waals surface area contributed by atoms with Crippen molar-refractivity contribution < 1.29 is 13.3 Å². The topological polar surface area (TPSA) is 101 Å². The molecule has 2 N–H and O–H groups in total. The first-order chi connectivity index (χ1) is 8.27. The molecule has 8 heteroatoms. The van der Waals surface area contributed by atoms with Crippen LogP contribution in [0.3, 0.4) is 0 Å². The lowest BCUT2D eigenvalue weighted by atomic mass is 10.3. The fourth-order valence-electron chi connectivity index (χ4n) is 1.43. The lowest BCUT2D eigenvalue weighted by molar-refractivity contribution is -0.385.